The molecule has 1 aromatic rings. The van der Waals surface area contributed by atoms with Crippen LogP contribution in [-0.4, -0.2) is 48.1 Å². The van der Waals surface area contributed by atoms with E-state index in [1.54, 1.807) is 6.07 Å². The molecule has 0 aromatic carbocycles. The van der Waals surface area contributed by atoms with Crippen molar-refractivity contribution in [2.75, 3.05) is 43.5 Å². The SMILES string of the molecule is Nc1ccc(N2CCC(CO)C2)nc1OCCO. The number of nitrogens with two attached hydrogens (primary N) is 1. The summed E-state index contributed by atoms with van der Waals surface area (Å²) in [5.74, 6) is 1.47. The maximum atomic E-state index is 9.13. The number of rotatable bonds is 5. The summed E-state index contributed by atoms with van der Waals surface area (Å²) in [6, 6.07) is 3.60. The van der Waals surface area contributed by atoms with Crippen molar-refractivity contribution in [3.8, 4) is 5.88 Å². The zero-order chi connectivity index (χ0) is 13.0. The summed E-state index contributed by atoms with van der Waals surface area (Å²) < 4.78 is 5.28. The Morgan fingerprint density at radius 3 is 2.94 bits per heavy atom. The van der Waals surface area contributed by atoms with Crippen molar-refractivity contribution in [1.82, 2.24) is 4.98 Å². The molecular formula is C12H19N3O3. The number of nitrogen functional groups attached to an aromatic ring is 1. The first kappa shape index (κ1) is 12.9. The van der Waals surface area contributed by atoms with Gasteiger partial charge in [0.05, 0.1) is 12.3 Å². The monoisotopic (exact) mass is 253 g/mol. The molecule has 0 saturated carbocycles. The molecule has 0 bridgehead atoms. The molecule has 6 nitrogen and oxygen atoms in total. The molecule has 1 saturated heterocycles. The van der Waals surface area contributed by atoms with Crippen LogP contribution >= 0.6 is 0 Å². The first-order valence-electron chi connectivity index (χ1n) is 6.10. The Bertz CT molecular complexity index is 400. The highest BCUT2D eigenvalue weighted by molar-refractivity contribution is 5.54. The predicted molar refractivity (Wildman–Crippen MR) is 68.6 cm³/mol. The number of aliphatic hydroxyl groups is 2. The fourth-order valence-corrected chi connectivity index (χ4v) is 2.07. The van der Waals surface area contributed by atoms with Crippen molar-refractivity contribution in [3.63, 3.8) is 0 Å². The van der Waals surface area contributed by atoms with Crippen LogP contribution in [0.3, 0.4) is 0 Å². The van der Waals surface area contributed by atoms with E-state index in [2.05, 4.69) is 9.88 Å². The van der Waals surface area contributed by atoms with Crippen LogP contribution in [0.25, 0.3) is 0 Å². The molecule has 2 rings (SSSR count). The van der Waals surface area contributed by atoms with Crippen molar-refractivity contribution in [3.05, 3.63) is 12.1 Å². The van der Waals surface area contributed by atoms with Gasteiger partial charge in [-0.05, 0) is 18.6 Å². The molecule has 1 fully saturated rings. The molecule has 0 amide bonds. The van der Waals surface area contributed by atoms with Crippen molar-refractivity contribution in [2.24, 2.45) is 5.92 Å². The average Bonchev–Trinajstić information content (AvgIpc) is 2.86. The van der Waals surface area contributed by atoms with Gasteiger partial charge in [0.25, 0.3) is 0 Å². The highest BCUT2D eigenvalue weighted by atomic mass is 16.5. The summed E-state index contributed by atoms with van der Waals surface area (Å²) in [6.07, 6.45) is 0.968. The third-order valence-electron chi connectivity index (χ3n) is 3.07. The second-order valence-corrected chi connectivity index (χ2v) is 4.42. The van der Waals surface area contributed by atoms with Gasteiger partial charge in [-0.25, -0.2) is 0 Å². The van der Waals surface area contributed by atoms with Crippen LogP contribution in [0.4, 0.5) is 11.5 Å². The number of anilines is 2. The summed E-state index contributed by atoms with van der Waals surface area (Å²) >= 11 is 0. The predicted octanol–water partition coefficient (Wildman–Crippen LogP) is -0.147. The zero-order valence-corrected chi connectivity index (χ0v) is 10.2. The second kappa shape index (κ2) is 5.88. The Morgan fingerprint density at radius 2 is 2.28 bits per heavy atom. The topological polar surface area (TPSA) is 91.8 Å². The number of hydrogen-bond donors (Lipinski definition) is 3. The number of nitrogens with zero attached hydrogens (tertiary/aromatic N) is 2. The van der Waals surface area contributed by atoms with Gasteiger partial charge in [-0.1, -0.05) is 0 Å². The molecule has 18 heavy (non-hydrogen) atoms. The van der Waals surface area contributed by atoms with Gasteiger partial charge in [0, 0.05) is 25.6 Å². The van der Waals surface area contributed by atoms with Crippen LogP contribution in [0.5, 0.6) is 5.88 Å². The standard InChI is InChI=1S/C12H19N3O3/c13-10-1-2-11(14-12(10)18-6-5-16)15-4-3-9(7-15)8-17/h1-2,9,16-17H,3-8,13H2. The summed E-state index contributed by atoms with van der Waals surface area (Å²) in [4.78, 5) is 6.45. The van der Waals surface area contributed by atoms with Gasteiger partial charge in [0.1, 0.15) is 12.4 Å². The smallest absolute Gasteiger partial charge is 0.239 e. The van der Waals surface area contributed by atoms with E-state index in [9.17, 15) is 0 Å². The minimum Gasteiger partial charge on any atom is -0.474 e. The number of pyridine rings is 1. The Morgan fingerprint density at radius 1 is 1.44 bits per heavy atom. The fourth-order valence-electron chi connectivity index (χ4n) is 2.07. The maximum absolute atomic E-state index is 9.13. The highest BCUT2D eigenvalue weighted by Crippen LogP contribution is 2.27. The van der Waals surface area contributed by atoms with Gasteiger partial charge in [0.15, 0.2) is 0 Å². The van der Waals surface area contributed by atoms with E-state index < -0.39 is 0 Å². The van der Waals surface area contributed by atoms with E-state index in [0.29, 0.717) is 17.5 Å². The lowest BCUT2D eigenvalue weighted by atomic mass is 10.1. The molecule has 1 unspecified atom stereocenters. The molecule has 0 spiro atoms. The Balaban J connectivity index is 2.09. The summed E-state index contributed by atoms with van der Waals surface area (Å²) in [7, 11) is 0. The van der Waals surface area contributed by atoms with Crippen molar-refractivity contribution in [1.29, 1.82) is 0 Å². The van der Waals surface area contributed by atoms with Crippen LogP contribution in [0.15, 0.2) is 12.1 Å². The lowest BCUT2D eigenvalue weighted by Crippen LogP contribution is -2.22. The zero-order valence-electron chi connectivity index (χ0n) is 10.2. The van der Waals surface area contributed by atoms with Gasteiger partial charge >= 0.3 is 0 Å². The van der Waals surface area contributed by atoms with Gasteiger partial charge < -0.3 is 25.6 Å². The molecule has 0 radical (unpaired) electrons. The molecule has 0 aliphatic carbocycles. The number of hydrogen-bond acceptors (Lipinski definition) is 6. The average molecular weight is 253 g/mol. The third-order valence-corrected chi connectivity index (χ3v) is 3.07. The fraction of sp³-hybridized carbons (Fsp3) is 0.583. The van der Waals surface area contributed by atoms with E-state index in [-0.39, 0.29) is 19.8 Å². The van der Waals surface area contributed by atoms with Crippen LogP contribution in [0, 0.1) is 5.92 Å². The van der Waals surface area contributed by atoms with E-state index in [4.69, 9.17) is 20.7 Å². The molecular weight excluding hydrogens is 234 g/mol. The minimum absolute atomic E-state index is 0.0678. The summed E-state index contributed by atoms with van der Waals surface area (Å²) in [5, 5.41) is 17.9. The Labute approximate surface area is 106 Å². The highest BCUT2D eigenvalue weighted by Gasteiger charge is 2.23. The van der Waals surface area contributed by atoms with E-state index >= 15 is 0 Å². The third kappa shape index (κ3) is 2.83. The van der Waals surface area contributed by atoms with Gasteiger partial charge in [-0.3, -0.25) is 0 Å². The number of aromatic nitrogens is 1. The Hall–Kier alpha value is -1.53. The van der Waals surface area contributed by atoms with Gasteiger partial charge in [-0.15, -0.1) is 0 Å². The van der Waals surface area contributed by atoms with Gasteiger partial charge in [0.2, 0.25) is 5.88 Å². The maximum Gasteiger partial charge on any atom is 0.239 e. The summed E-state index contributed by atoms with van der Waals surface area (Å²) in [5.41, 5.74) is 6.22. The van der Waals surface area contributed by atoms with Gasteiger partial charge in [-0.2, -0.15) is 4.98 Å². The number of ether oxygens (including phenoxy) is 1. The minimum atomic E-state index is -0.0678. The normalized spacial score (nSPS) is 19.2. The molecule has 4 N–H and O–H groups in total. The Kier molecular flexibility index (Phi) is 4.22. The summed E-state index contributed by atoms with van der Waals surface area (Å²) in [6.45, 7) is 2.00. The molecule has 1 aliphatic rings. The second-order valence-electron chi connectivity index (χ2n) is 4.42. The van der Waals surface area contributed by atoms with Crippen LogP contribution in [0.1, 0.15) is 6.42 Å². The molecule has 2 heterocycles. The molecule has 1 atom stereocenters. The molecule has 1 aromatic heterocycles. The number of aliphatic hydroxyl groups excluding tert-OH is 2. The molecule has 100 valence electrons. The van der Waals surface area contributed by atoms with Crippen LogP contribution < -0.4 is 15.4 Å². The largest absolute Gasteiger partial charge is 0.474 e. The lowest BCUT2D eigenvalue weighted by molar-refractivity contribution is 0.197. The molecule has 1 aliphatic heterocycles. The quantitative estimate of drug-likeness (QED) is 0.676. The van der Waals surface area contributed by atoms with Crippen LogP contribution in [0.2, 0.25) is 0 Å². The van der Waals surface area contributed by atoms with Crippen molar-refractivity contribution < 1.29 is 14.9 Å². The van der Waals surface area contributed by atoms with Crippen molar-refractivity contribution >= 4 is 11.5 Å². The van der Waals surface area contributed by atoms with E-state index in [0.717, 1.165) is 25.3 Å². The van der Waals surface area contributed by atoms with E-state index in [1.807, 2.05) is 6.07 Å². The molecule has 6 heteroatoms. The first-order valence-corrected chi connectivity index (χ1v) is 6.10. The van der Waals surface area contributed by atoms with E-state index in [1.165, 1.54) is 0 Å². The van der Waals surface area contributed by atoms with Crippen LogP contribution in [-0.2, 0) is 0 Å². The van der Waals surface area contributed by atoms with Crippen molar-refractivity contribution in [2.45, 2.75) is 6.42 Å². The lowest BCUT2D eigenvalue weighted by Gasteiger charge is -2.18. The first-order chi connectivity index (χ1) is 8.74.